The Balaban J connectivity index is 0.00000105. The van der Waals surface area contributed by atoms with Crippen LogP contribution in [-0.4, -0.2) is 11.4 Å². The van der Waals surface area contributed by atoms with Gasteiger partial charge in [-0.1, -0.05) is 120 Å². The zero-order valence-corrected chi connectivity index (χ0v) is 27.8. The van der Waals surface area contributed by atoms with E-state index in [1.165, 1.54) is 32.8 Å². The van der Waals surface area contributed by atoms with Crippen LogP contribution in [0.5, 0.6) is 0 Å². The van der Waals surface area contributed by atoms with Gasteiger partial charge in [0.25, 0.3) is 0 Å². The molecule has 0 fully saturated rings. The Hall–Kier alpha value is -3.63. The molecule has 0 heterocycles. The van der Waals surface area contributed by atoms with E-state index in [2.05, 4.69) is 176 Å². The second kappa shape index (κ2) is 13.3. The van der Waals surface area contributed by atoms with E-state index in [4.69, 9.17) is 9.98 Å². The van der Waals surface area contributed by atoms with Crippen molar-refractivity contribution < 1.29 is 10.9 Å². The first-order valence-corrected chi connectivity index (χ1v) is 18.8. The molecule has 5 heteroatoms. The summed E-state index contributed by atoms with van der Waals surface area (Å²) in [5.74, 6) is 0. The predicted molar refractivity (Wildman–Crippen MR) is 187 cm³/mol. The third-order valence-electron chi connectivity index (χ3n) is 7.58. The van der Waals surface area contributed by atoms with Gasteiger partial charge in [-0.3, -0.25) is 0 Å². The number of hydrogen-bond acceptors (Lipinski definition) is 2. The van der Waals surface area contributed by atoms with E-state index in [0.29, 0.717) is 0 Å². The Kier molecular flexibility index (Phi) is 9.14. The maximum absolute atomic E-state index is 5.40. The molecule has 0 spiro atoms. The number of nitrogens with zero attached hydrogens (tertiary/aromatic N) is 2. The molecule has 214 valence electrons. The molecule has 0 bridgehead atoms. The summed E-state index contributed by atoms with van der Waals surface area (Å²) in [4.78, 5) is 10.8. The molecule has 0 atom stereocenters. The molecule has 0 aromatic heterocycles. The molecular formula is C38H28Br2N2Ni. The summed E-state index contributed by atoms with van der Waals surface area (Å²) < 4.78 is 0. The molecule has 0 aliphatic heterocycles. The summed E-state index contributed by atoms with van der Waals surface area (Å²) in [5.41, 5.74) is 12.9. The number of aliphatic imine (C=N–C) groups is 2. The average molecular weight is 731 g/mol. The molecule has 0 unspecified atom stereocenters. The van der Waals surface area contributed by atoms with Gasteiger partial charge in [0.15, 0.2) is 0 Å². The average Bonchev–Trinajstić information content (AvgIpc) is 3.33. The minimum absolute atomic E-state index is 0.910. The fourth-order valence-corrected chi connectivity index (χ4v) is 5.65. The predicted octanol–water partition coefficient (Wildman–Crippen LogP) is 11.7. The Morgan fingerprint density at radius 3 is 1.30 bits per heavy atom. The molecular weight excluding hydrogens is 703 g/mol. The van der Waals surface area contributed by atoms with Crippen LogP contribution in [0.3, 0.4) is 0 Å². The van der Waals surface area contributed by atoms with Crippen LogP contribution in [-0.2, 0) is 10.9 Å². The second-order valence-corrected chi connectivity index (χ2v) is 15.4. The zero-order chi connectivity index (χ0) is 29.8. The topological polar surface area (TPSA) is 24.7 Å². The van der Waals surface area contributed by atoms with Gasteiger partial charge in [0.2, 0.25) is 0 Å². The zero-order valence-electron chi connectivity index (χ0n) is 23.7. The molecule has 2 nitrogen and oxygen atoms in total. The van der Waals surface area contributed by atoms with E-state index >= 15 is 0 Å². The third kappa shape index (κ3) is 6.22. The van der Waals surface area contributed by atoms with Crippen molar-refractivity contribution in [1.82, 2.24) is 0 Å². The van der Waals surface area contributed by atoms with E-state index in [1.807, 2.05) is 0 Å². The molecule has 0 N–H and O–H groups in total. The van der Waals surface area contributed by atoms with Crippen molar-refractivity contribution >= 4 is 62.0 Å². The number of rotatable bonds is 4. The van der Waals surface area contributed by atoms with Gasteiger partial charge < -0.3 is 0 Å². The van der Waals surface area contributed by atoms with Gasteiger partial charge >= 0.3 is 39.3 Å². The van der Waals surface area contributed by atoms with Crippen LogP contribution in [0, 0.1) is 13.8 Å². The summed E-state index contributed by atoms with van der Waals surface area (Å²) >= 11 is 6.00. The molecule has 0 radical (unpaired) electrons. The standard InChI is InChI=1S/C38H28N2.2BrH.Ni/c1-25-19-21-34(32(23-25)27-11-5-3-6-12-27)39-37-30-17-9-15-29-16-10-18-31(36(29)30)38(37)40-35-22-20-26(2)24-33(35)28-13-7-4-8-14-28;;;/h3-24H,1-2H3;2*1H;/q;;;+2/p-2. The van der Waals surface area contributed by atoms with Crippen molar-refractivity contribution in [2.24, 2.45) is 9.98 Å². The summed E-state index contributed by atoms with van der Waals surface area (Å²) in [5, 5.41) is 2.41. The molecule has 6 aromatic rings. The van der Waals surface area contributed by atoms with Crippen LogP contribution >= 0.6 is 28.5 Å². The summed E-state index contributed by atoms with van der Waals surface area (Å²) in [6, 6.07) is 46.9. The van der Waals surface area contributed by atoms with Crippen molar-refractivity contribution in [3.05, 3.63) is 156 Å². The Morgan fingerprint density at radius 1 is 0.465 bits per heavy atom. The van der Waals surface area contributed by atoms with Gasteiger partial charge in [-0.2, -0.15) is 0 Å². The first-order chi connectivity index (χ1) is 21.1. The molecule has 0 saturated carbocycles. The molecule has 6 aromatic carbocycles. The number of hydrogen-bond donors (Lipinski definition) is 0. The van der Waals surface area contributed by atoms with E-state index < -0.39 is 0 Å². The van der Waals surface area contributed by atoms with Gasteiger partial charge in [-0.15, -0.1) is 0 Å². The normalized spacial score (nSPS) is 13.9. The molecule has 1 aliphatic rings. The molecule has 43 heavy (non-hydrogen) atoms. The molecule has 1 aliphatic carbocycles. The monoisotopic (exact) mass is 728 g/mol. The van der Waals surface area contributed by atoms with E-state index in [9.17, 15) is 0 Å². The van der Waals surface area contributed by atoms with Crippen LogP contribution in [0.15, 0.2) is 143 Å². The van der Waals surface area contributed by atoms with Crippen LogP contribution in [0.1, 0.15) is 22.3 Å². The van der Waals surface area contributed by atoms with Crippen LogP contribution < -0.4 is 0 Å². The van der Waals surface area contributed by atoms with Gasteiger partial charge in [0.1, 0.15) is 0 Å². The van der Waals surface area contributed by atoms with E-state index in [-0.39, 0.29) is 0 Å². The van der Waals surface area contributed by atoms with Crippen molar-refractivity contribution in [1.29, 1.82) is 0 Å². The number of halogens is 2. The van der Waals surface area contributed by atoms with Gasteiger partial charge in [0.05, 0.1) is 22.8 Å². The minimum atomic E-state index is 0.910. The third-order valence-corrected chi connectivity index (χ3v) is 7.58. The Morgan fingerprint density at radius 2 is 0.884 bits per heavy atom. The summed E-state index contributed by atoms with van der Waals surface area (Å²) in [6.07, 6.45) is 0. The summed E-state index contributed by atoms with van der Waals surface area (Å²) in [6.45, 7) is 4.26. The maximum atomic E-state index is 5.40. The second-order valence-electron chi connectivity index (χ2n) is 10.4. The van der Waals surface area contributed by atoms with Crippen LogP contribution in [0.2, 0.25) is 0 Å². The van der Waals surface area contributed by atoms with Crippen LogP contribution in [0.4, 0.5) is 11.4 Å². The van der Waals surface area contributed by atoms with E-state index in [0.717, 1.165) is 56.2 Å². The van der Waals surface area contributed by atoms with Crippen molar-refractivity contribution in [3.63, 3.8) is 0 Å². The summed E-state index contributed by atoms with van der Waals surface area (Å²) in [7, 11) is 1.25. The van der Waals surface area contributed by atoms with Crippen LogP contribution in [0.25, 0.3) is 33.0 Å². The van der Waals surface area contributed by atoms with Gasteiger partial charge in [-0.05, 0) is 54.6 Å². The van der Waals surface area contributed by atoms with E-state index in [1.54, 1.807) is 0 Å². The van der Waals surface area contributed by atoms with Gasteiger partial charge in [0, 0.05) is 27.6 Å². The number of aryl methyl sites for hydroxylation is 2. The first-order valence-electron chi connectivity index (χ1n) is 13.9. The fraction of sp³-hybridized carbons (Fsp3) is 0.0526. The molecule has 0 amide bonds. The molecule has 7 rings (SSSR count). The first kappa shape index (κ1) is 29.4. The fourth-order valence-electron chi connectivity index (χ4n) is 5.65. The Labute approximate surface area is 273 Å². The van der Waals surface area contributed by atoms with Crippen molar-refractivity contribution in [2.45, 2.75) is 13.8 Å². The number of benzene rings is 6. The van der Waals surface area contributed by atoms with Crippen molar-refractivity contribution in [2.75, 3.05) is 0 Å². The molecule has 0 saturated heterocycles. The van der Waals surface area contributed by atoms with Crippen molar-refractivity contribution in [3.8, 4) is 22.3 Å². The van der Waals surface area contributed by atoms with Gasteiger partial charge in [-0.25, -0.2) is 9.98 Å². The Bertz CT molecular complexity index is 1840. The SMILES string of the molecule is Cc1ccc(N=C2C(=Nc3ccc(C)cc3-c3ccccc3)c3cccc4cccc2c34)c(-c2ccccc2)c1.[Br][Ni][Br]. The quantitative estimate of drug-likeness (QED) is 0.161.